The van der Waals surface area contributed by atoms with Gasteiger partial charge in [-0.1, -0.05) is 23.7 Å². The van der Waals surface area contributed by atoms with Crippen molar-refractivity contribution in [2.24, 2.45) is 0 Å². The van der Waals surface area contributed by atoms with Crippen LogP contribution in [0, 0.1) is 11.6 Å². The summed E-state index contributed by atoms with van der Waals surface area (Å²) in [6.45, 7) is -0.188. The average molecular weight is 499 g/mol. The van der Waals surface area contributed by atoms with Gasteiger partial charge in [0, 0.05) is 23.4 Å². The number of amides is 1. The molecule has 7 nitrogen and oxygen atoms in total. The lowest BCUT2D eigenvalue weighted by molar-refractivity contribution is 0.0929. The number of carbonyl (C=O) groups excluding carboxylic acids is 1. The summed E-state index contributed by atoms with van der Waals surface area (Å²) < 4.78 is 29.1. The average Bonchev–Trinajstić information content (AvgIpc) is 3.58. The molecular weight excluding hydrogens is 478 g/mol. The van der Waals surface area contributed by atoms with Crippen LogP contribution in [0.2, 0.25) is 5.02 Å². The number of aliphatic hydroxyl groups is 1. The number of H-pyrrole nitrogens is 1. The molecule has 0 saturated heterocycles. The number of aromatic amines is 1. The molecule has 2 heterocycles. The smallest absolute Gasteiger partial charge is 0.275 e. The Kier molecular flexibility index (Phi) is 6.12. The van der Waals surface area contributed by atoms with E-state index in [1.165, 1.54) is 35.0 Å². The first-order valence-electron chi connectivity index (χ1n) is 11.1. The molecule has 0 spiro atoms. The summed E-state index contributed by atoms with van der Waals surface area (Å²) in [6.07, 6.45) is 3.34. The molecule has 0 radical (unpaired) electrons. The van der Waals surface area contributed by atoms with E-state index in [0.717, 1.165) is 18.9 Å². The predicted molar refractivity (Wildman–Crippen MR) is 127 cm³/mol. The van der Waals surface area contributed by atoms with Crippen LogP contribution in [-0.4, -0.2) is 32.2 Å². The third-order valence-corrected chi connectivity index (χ3v) is 6.33. The highest BCUT2D eigenvalue weighted by Gasteiger charge is 2.34. The second-order valence-corrected chi connectivity index (χ2v) is 8.98. The first kappa shape index (κ1) is 23.2. The highest BCUT2D eigenvalue weighted by molar-refractivity contribution is 6.30. The normalized spacial score (nSPS) is 14.3. The van der Waals surface area contributed by atoms with Crippen molar-refractivity contribution in [3.63, 3.8) is 0 Å². The van der Waals surface area contributed by atoms with Gasteiger partial charge in [-0.3, -0.25) is 9.59 Å². The molecule has 1 unspecified atom stereocenters. The number of aliphatic hydroxyl groups excluding tert-OH is 1. The molecule has 35 heavy (non-hydrogen) atoms. The fourth-order valence-corrected chi connectivity index (χ4v) is 4.42. The van der Waals surface area contributed by atoms with Gasteiger partial charge in [0.2, 0.25) is 0 Å². The lowest BCUT2D eigenvalue weighted by Crippen LogP contribution is -2.29. The van der Waals surface area contributed by atoms with E-state index < -0.39 is 29.1 Å². The number of carbonyl (C=O) groups is 1. The van der Waals surface area contributed by atoms with Crippen molar-refractivity contribution in [2.45, 2.75) is 31.2 Å². The molecule has 0 bridgehead atoms. The molecule has 3 N–H and O–H groups in total. The van der Waals surface area contributed by atoms with Crippen LogP contribution in [0.3, 0.4) is 0 Å². The standard InChI is InChI=1S/C25H21ClF2N4O3/c26-15-5-8-17(19(28)11-15)23-30-25(35)22-21(14-1-2-14)18(12-32(22)31-23)24(34)29-20(9-10-33)13-3-6-16(27)7-4-13/h3-8,11-12,14,20,33H,1-2,9-10H2,(H,29,34)(H,30,31,35). The van der Waals surface area contributed by atoms with Gasteiger partial charge in [-0.05, 0) is 61.1 Å². The molecule has 1 saturated carbocycles. The summed E-state index contributed by atoms with van der Waals surface area (Å²) in [4.78, 5) is 29.0. The Labute approximate surface area is 203 Å². The number of aromatic nitrogens is 3. The lowest BCUT2D eigenvalue weighted by atomic mass is 10.0. The third-order valence-electron chi connectivity index (χ3n) is 6.09. The topological polar surface area (TPSA) is 99.5 Å². The van der Waals surface area contributed by atoms with Crippen LogP contribution >= 0.6 is 11.6 Å². The first-order valence-corrected chi connectivity index (χ1v) is 11.5. The molecule has 1 amide bonds. The summed E-state index contributed by atoms with van der Waals surface area (Å²) in [5.41, 5.74) is 1.32. The minimum atomic E-state index is -0.640. The summed E-state index contributed by atoms with van der Waals surface area (Å²) in [6, 6.07) is 9.15. The molecule has 5 rings (SSSR count). The summed E-state index contributed by atoms with van der Waals surface area (Å²) in [7, 11) is 0. The Balaban J connectivity index is 1.56. The van der Waals surface area contributed by atoms with Gasteiger partial charge in [0.1, 0.15) is 17.2 Å². The quantitative estimate of drug-likeness (QED) is 0.352. The fraction of sp³-hybridized carbons (Fsp3) is 0.240. The van der Waals surface area contributed by atoms with E-state index in [4.69, 9.17) is 11.6 Å². The van der Waals surface area contributed by atoms with Crippen molar-refractivity contribution >= 4 is 23.0 Å². The zero-order chi connectivity index (χ0) is 24.7. The van der Waals surface area contributed by atoms with Gasteiger partial charge in [-0.15, -0.1) is 5.10 Å². The molecule has 1 fully saturated rings. The largest absolute Gasteiger partial charge is 0.396 e. The van der Waals surface area contributed by atoms with E-state index >= 15 is 0 Å². The van der Waals surface area contributed by atoms with Crippen LogP contribution in [0.15, 0.2) is 53.5 Å². The molecule has 2 aromatic carbocycles. The van der Waals surface area contributed by atoms with E-state index in [0.29, 0.717) is 11.1 Å². The van der Waals surface area contributed by atoms with Crippen molar-refractivity contribution in [3.8, 4) is 11.4 Å². The van der Waals surface area contributed by atoms with E-state index in [1.54, 1.807) is 12.1 Å². The number of benzene rings is 2. The maximum absolute atomic E-state index is 14.5. The Bertz CT molecular complexity index is 1480. The molecular formula is C25H21ClF2N4O3. The van der Waals surface area contributed by atoms with E-state index in [2.05, 4.69) is 15.4 Å². The van der Waals surface area contributed by atoms with Crippen molar-refractivity contribution in [1.82, 2.24) is 19.9 Å². The summed E-state index contributed by atoms with van der Waals surface area (Å²) in [5.74, 6) is -1.46. The maximum atomic E-state index is 14.5. The zero-order valence-corrected chi connectivity index (χ0v) is 19.1. The SMILES string of the molecule is O=C(NC(CCO)c1ccc(F)cc1)c1cn2nc(-c3ccc(Cl)cc3F)[nH]c(=O)c2c1C1CC1. The highest BCUT2D eigenvalue weighted by atomic mass is 35.5. The Morgan fingerprint density at radius 2 is 1.97 bits per heavy atom. The monoisotopic (exact) mass is 498 g/mol. The summed E-state index contributed by atoms with van der Waals surface area (Å²) >= 11 is 5.83. The second-order valence-electron chi connectivity index (χ2n) is 8.54. The Morgan fingerprint density at radius 1 is 1.23 bits per heavy atom. The molecule has 0 aliphatic heterocycles. The number of hydrogen-bond acceptors (Lipinski definition) is 4. The van der Waals surface area contributed by atoms with E-state index in [1.807, 2.05) is 0 Å². The fourth-order valence-electron chi connectivity index (χ4n) is 4.26. The van der Waals surface area contributed by atoms with Crippen LogP contribution in [0.25, 0.3) is 16.9 Å². The van der Waals surface area contributed by atoms with Gasteiger partial charge in [0.05, 0.1) is 17.2 Å². The highest BCUT2D eigenvalue weighted by Crippen LogP contribution is 2.43. The van der Waals surface area contributed by atoms with Crippen LogP contribution in [0.5, 0.6) is 0 Å². The molecule has 4 aromatic rings. The first-order chi connectivity index (χ1) is 16.9. The van der Waals surface area contributed by atoms with E-state index in [-0.39, 0.29) is 46.4 Å². The van der Waals surface area contributed by atoms with Gasteiger partial charge in [0.15, 0.2) is 5.82 Å². The Morgan fingerprint density at radius 3 is 2.63 bits per heavy atom. The van der Waals surface area contributed by atoms with Crippen molar-refractivity contribution in [3.05, 3.63) is 92.4 Å². The minimum Gasteiger partial charge on any atom is -0.396 e. The van der Waals surface area contributed by atoms with Crippen LogP contribution in [0.4, 0.5) is 8.78 Å². The number of fused-ring (bicyclic) bond motifs is 1. The van der Waals surface area contributed by atoms with E-state index in [9.17, 15) is 23.5 Å². The van der Waals surface area contributed by atoms with Gasteiger partial charge in [-0.25, -0.2) is 13.3 Å². The predicted octanol–water partition coefficient (Wildman–Crippen LogP) is 4.35. The number of nitrogens with zero attached hydrogens (tertiary/aromatic N) is 2. The van der Waals surface area contributed by atoms with Gasteiger partial charge in [-0.2, -0.15) is 0 Å². The maximum Gasteiger partial charge on any atom is 0.275 e. The zero-order valence-electron chi connectivity index (χ0n) is 18.4. The van der Waals surface area contributed by atoms with Gasteiger partial charge >= 0.3 is 0 Å². The van der Waals surface area contributed by atoms with Crippen LogP contribution in [-0.2, 0) is 0 Å². The third kappa shape index (κ3) is 4.56. The molecule has 1 aliphatic rings. The molecule has 2 aromatic heterocycles. The lowest BCUT2D eigenvalue weighted by Gasteiger charge is -2.18. The number of nitrogens with one attached hydrogen (secondary N) is 2. The van der Waals surface area contributed by atoms with Crippen molar-refractivity contribution in [1.29, 1.82) is 0 Å². The van der Waals surface area contributed by atoms with Crippen LogP contribution in [0.1, 0.15) is 52.7 Å². The number of rotatable bonds is 7. The van der Waals surface area contributed by atoms with Crippen LogP contribution < -0.4 is 10.9 Å². The van der Waals surface area contributed by atoms with Crippen molar-refractivity contribution < 1.29 is 18.7 Å². The Hall–Kier alpha value is -3.56. The molecule has 1 aliphatic carbocycles. The molecule has 10 heteroatoms. The molecule has 180 valence electrons. The molecule has 1 atom stereocenters. The summed E-state index contributed by atoms with van der Waals surface area (Å²) in [5, 5.41) is 17.0. The van der Waals surface area contributed by atoms with Gasteiger partial charge < -0.3 is 15.4 Å². The number of hydrogen-bond donors (Lipinski definition) is 3. The minimum absolute atomic E-state index is 0.00504. The second kappa shape index (κ2) is 9.24. The van der Waals surface area contributed by atoms with Crippen molar-refractivity contribution in [2.75, 3.05) is 6.61 Å². The van der Waals surface area contributed by atoms with Gasteiger partial charge in [0.25, 0.3) is 11.5 Å². The number of halogens is 3.